The molecule has 100 valence electrons. The van der Waals surface area contributed by atoms with Gasteiger partial charge in [-0.05, 0) is 12.3 Å². The van der Waals surface area contributed by atoms with Crippen LogP contribution in [0.2, 0.25) is 0 Å². The molecule has 4 nitrogen and oxygen atoms in total. The summed E-state index contributed by atoms with van der Waals surface area (Å²) >= 11 is 5.48. The minimum atomic E-state index is -0.0892. The highest BCUT2D eigenvalue weighted by atomic mass is 35.5. The van der Waals surface area contributed by atoms with E-state index in [1.807, 2.05) is 0 Å². The van der Waals surface area contributed by atoms with Crippen molar-refractivity contribution in [3.05, 3.63) is 0 Å². The highest BCUT2D eigenvalue weighted by Gasteiger charge is 2.22. The number of hydrogen-bond acceptors (Lipinski definition) is 3. The zero-order valence-electron chi connectivity index (χ0n) is 10.7. The van der Waals surface area contributed by atoms with Crippen LogP contribution in [0.5, 0.6) is 0 Å². The summed E-state index contributed by atoms with van der Waals surface area (Å²) in [7, 11) is 0. The normalized spacial score (nSPS) is 19.3. The van der Waals surface area contributed by atoms with Crippen LogP contribution in [0.15, 0.2) is 0 Å². The van der Waals surface area contributed by atoms with E-state index in [2.05, 4.69) is 24.1 Å². The van der Waals surface area contributed by atoms with E-state index >= 15 is 0 Å². The number of rotatable bonds is 6. The maximum absolute atomic E-state index is 11.2. The lowest BCUT2D eigenvalue weighted by molar-refractivity contribution is -0.119. The first-order valence-corrected chi connectivity index (χ1v) is 6.81. The van der Waals surface area contributed by atoms with Crippen LogP contribution in [0.3, 0.4) is 0 Å². The Hall–Kier alpha value is -0.320. The van der Waals surface area contributed by atoms with Crippen molar-refractivity contribution in [3.8, 4) is 0 Å². The maximum Gasteiger partial charge on any atom is 0.234 e. The fourth-order valence-electron chi connectivity index (χ4n) is 2.13. The van der Waals surface area contributed by atoms with E-state index in [1.165, 1.54) is 0 Å². The molecule has 1 rings (SSSR count). The van der Waals surface area contributed by atoms with Crippen LogP contribution in [-0.2, 0) is 9.53 Å². The molecule has 0 aromatic carbocycles. The molecule has 0 saturated carbocycles. The zero-order chi connectivity index (χ0) is 12.7. The Balaban J connectivity index is 2.43. The lowest BCUT2D eigenvalue weighted by atomic mass is 10.0. The Morgan fingerprint density at radius 1 is 1.41 bits per heavy atom. The minimum absolute atomic E-state index is 0.0392. The Kier molecular flexibility index (Phi) is 6.85. The summed E-state index contributed by atoms with van der Waals surface area (Å²) in [6.07, 6.45) is 1.09. The van der Waals surface area contributed by atoms with Gasteiger partial charge in [-0.3, -0.25) is 9.69 Å². The summed E-state index contributed by atoms with van der Waals surface area (Å²) in [6.45, 7) is 8.58. The fraction of sp³-hybridized carbons (Fsp3) is 0.917. The van der Waals surface area contributed by atoms with Crippen molar-refractivity contribution >= 4 is 17.5 Å². The lowest BCUT2D eigenvalue weighted by Gasteiger charge is -2.35. The molecule has 1 heterocycles. The third-order valence-corrected chi connectivity index (χ3v) is 3.20. The van der Waals surface area contributed by atoms with Crippen molar-refractivity contribution in [3.63, 3.8) is 0 Å². The number of halogens is 1. The highest BCUT2D eigenvalue weighted by molar-refractivity contribution is 6.27. The van der Waals surface area contributed by atoms with Crippen molar-refractivity contribution in [1.82, 2.24) is 10.2 Å². The van der Waals surface area contributed by atoms with E-state index in [0.29, 0.717) is 18.5 Å². The number of morpholine rings is 1. The Morgan fingerprint density at radius 2 is 2.06 bits per heavy atom. The topological polar surface area (TPSA) is 41.6 Å². The first-order chi connectivity index (χ1) is 8.13. The van der Waals surface area contributed by atoms with E-state index in [4.69, 9.17) is 16.3 Å². The van der Waals surface area contributed by atoms with Crippen LogP contribution in [-0.4, -0.2) is 55.6 Å². The van der Waals surface area contributed by atoms with E-state index in [0.717, 1.165) is 32.7 Å². The van der Waals surface area contributed by atoms with E-state index in [9.17, 15) is 4.79 Å². The van der Waals surface area contributed by atoms with Crippen molar-refractivity contribution in [2.24, 2.45) is 5.92 Å². The minimum Gasteiger partial charge on any atom is -0.379 e. The second-order valence-corrected chi connectivity index (χ2v) is 5.14. The number of ether oxygens (including phenoxy) is 1. The van der Waals surface area contributed by atoms with Gasteiger partial charge in [0.25, 0.3) is 0 Å². The Bertz CT molecular complexity index is 231. The highest BCUT2D eigenvalue weighted by Crippen LogP contribution is 2.12. The van der Waals surface area contributed by atoms with E-state index in [-0.39, 0.29) is 11.8 Å². The molecule has 1 N–H and O–H groups in total. The van der Waals surface area contributed by atoms with Gasteiger partial charge in [-0.2, -0.15) is 0 Å². The van der Waals surface area contributed by atoms with Crippen molar-refractivity contribution in [2.75, 3.05) is 38.7 Å². The van der Waals surface area contributed by atoms with Gasteiger partial charge in [-0.25, -0.2) is 0 Å². The van der Waals surface area contributed by atoms with Gasteiger partial charge in [-0.15, -0.1) is 11.6 Å². The van der Waals surface area contributed by atoms with Gasteiger partial charge in [0.2, 0.25) is 5.91 Å². The second-order valence-electron chi connectivity index (χ2n) is 4.87. The quantitative estimate of drug-likeness (QED) is 0.729. The first-order valence-electron chi connectivity index (χ1n) is 6.28. The number of carbonyl (C=O) groups excluding carboxylic acids is 1. The van der Waals surface area contributed by atoms with Crippen LogP contribution in [0, 0.1) is 5.92 Å². The van der Waals surface area contributed by atoms with Crippen molar-refractivity contribution in [2.45, 2.75) is 26.3 Å². The molecule has 1 aliphatic rings. The van der Waals surface area contributed by atoms with Gasteiger partial charge in [-0.1, -0.05) is 13.8 Å². The molecule has 0 aromatic rings. The predicted octanol–water partition coefficient (Wildman–Crippen LogP) is 1.09. The van der Waals surface area contributed by atoms with Crippen molar-refractivity contribution < 1.29 is 9.53 Å². The molecule has 0 radical (unpaired) electrons. The third-order valence-electron chi connectivity index (χ3n) is 2.96. The van der Waals surface area contributed by atoms with Crippen LogP contribution in [0.1, 0.15) is 20.3 Å². The average molecular weight is 263 g/mol. The number of nitrogens with one attached hydrogen (secondary N) is 1. The molecular formula is C12H23ClN2O2. The molecule has 1 unspecified atom stereocenters. The van der Waals surface area contributed by atoms with E-state index < -0.39 is 0 Å². The number of nitrogens with zero attached hydrogens (tertiary/aromatic N) is 1. The second kappa shape index (κ2) is 7.90. The molecule has 17 heavy (non-hydrogen) atoms. The van der Waals surface area contributed by atoms with Crippen LogP contribution >= 0.6 is 11.6 Å². The van der Waals surface area contributed by atoms with Crippen LogP contribution in [0.25, 0.3) is 0 Å². The Morgan fingerprint density at radius 3 is 2.59 bits per heavy atom. The molecule has 1 fully saturated rings. The van der Waals surface area contributed by atoms with Gasteiger partial charge < -0.3 is 10.1 Å². The van der Waals surface area contributed by atoms with Gasteiger partial charge in [0, 0.05) is 25.7 Å². The fourth-order valence-corrected chi connectivity index (χ4v) is 2.22. The van der Waals surface area contributed by atoms with Gasteiger partial charge >= 0.3 is 0 Å². The van der Waals surface area contributed by atoms with Crippen molar-refractivity contribution in [1.29, 1.82) is 0 Å². The third kappa shape index (κ3) is 5.70. The molecule has 0 aliphatic carbocycles. The molecule has 0 spiro atoms. The number of carbonyl (C=O) groups is 1. The van der Waals surface area contributed by atoms with Crippen LogP contribution in [0.4, 0.5) is 0 Å². The standard InChI is InChI=1S/C12H23ClN2O2/c1-10(2)7-11(9-14-12(16)8-13)15-3-5-17-6-4-15/h10-11H,3-9H2,1-2H3,(H,14,16). The summed E-state index contributed by atoms with van der Waals surface area (Å²) in [5.41, 5.74) is 0. The maximum atomic E-state index is 11.2. The largest absolute Gasteiger partial charge is 0.379 e. The molecule has 0 bridgehead atoms. The Labute approximate surface area is 109 Å². The van der Waals surface area contributed by atoms with Crippen LogP contribution < -0.4 is 5.32 Å². The molecule has 1 saturated heterocycles. The SMILES string of the molecule is CC(C)CC(CNC(=O)CCl)N1CCOCC1. The molecule has 1 amide bonds. The summed E-state index contributed by atoms with van der Waals surface area (Å²) < 4.78 is 5.35. The number of amides is 1. The predicted molar refractivity (Wildman–Crippen MR) is 69.4 cm³/mol. The van der Waals surface area contributed by atoms with Gasteiger partial charge in [0.1, 0.15) is 5.88 Å². The molecule has 0 aromatic heterocycles. The number of alkyl halides is 1. The summed E-state index contributed by atoms with van der Waals surface area (Å²) in [5, 5.41) is 2.88. The zero-order valence-corrected chi connectivity index (χ0v) is 11.5. The lowest BCUT2D eigenvalue weighted by Crippen LogP contribution is -2.49. The molecule has 1 aliphatic heterocycles. The number of hydrogen-bond donors (Lipinski definition) is 1. The average Bonchev–Trinajstić information content (AvgIpc) is 2.34. The monoisotopic (exact) mass is 262 g/mol. The summed E-state index contributed by atoms with van der Waals surface area (Å²) in [6, 6.07) is 0.395. The molecule has 1 atom stereocenters. The summed E-state index contributed by atoms with van der Waals surface area (Å²) in [5.74, 6) is 0.571. The van der Waals surface area contributed by atoms with E-state index in [1.54, 1.807) is 0 Å². The van der Waals surface area contributed by atoms with Gasteiger partial charge in [0.05, 0.1) is 13.2 Å². The molecular weight excluding hydrogens is 240 g/mol. The van der Waals surface area contributed by atoms with Gasteiger partial charge in [0.15, 0.2) is 0 Å². The summed E-state index contributed by atoms with van der Waals surface area (Å²) in [4.78, 5) is 13.6. The smallest absolute Gasteiger partial charge is 0.234 e. The molecule has 5 heteroatoms. The first kappa shape index (κ1) is 14.7.